The van der Waals surface area contributed by atoms with Gasteiger partial charge in [0.15, 0.2) is 0 Å². The number of carbonyl (C=O) groups excluding carboxylic acids is 3. The number of amides is 3. The first-order chi connectivity index (χ1) is 14.3. The largest absolute Gasteiger partial charge is 0.480 e. The normalized spacial score (nSPS) is 15.3. The van der Waals surface area contributed by atoms with Crippen molar-refractivity contribution in [2.45, 2.75) is 78.6 Å². The Labute approximate surface area is 190 Å². The molecule has 3 amide bonds. The summed E-state index contributed by atoms with van der Waals surface area (Å²) in [7, 11) is 0. The van der Waals surface area contributed by atoms with Crippen molar-refractivity contribution in [3.63, 3.8) is 0 Å². The Kier molecular flexibility index (Phi) is 13.5. The number of carboxylic acid groups (broad SMARTS) is 1. The van der Waals surface area contributed by atoms with Gasteiger partial charge in [0.2, 0.25) is 17.7 Å². The van der Waals surface area contributed by atoms with E-state index in [4.69, 9.17) is 5.73 Å². The first-order valence-electron chi connectivity index (χ1n) is 10.7. The minimum atomic E-state index is -1.14. The summed E-state index contributed by atoms with van der Waals surface area (Å²) in [6.07, 6.45) is 2.79. The molecule has 4 atom stereocenters. The van der Waals surface area contributed by atoms with Crippen LogP contribution in [-0.4, -0.2) is 65.0 Å². The van der Waals surface area contributed by atoms with Crippen molar-refractivity contribution >= 4 is 35.5 Å². The second kappa shape index (κ2) is 14.3. The van der Waals surface area contributed by atoms with Gasteiger partial charge in [-0.15, -0.1) is 0 Å². The molecular weight excluding hydrogens is 420 g/mol. The molecule has 0 heterocycles. The van der Waals surface area contributed by atoms with Crippen LogP contribution in [0.25, 0.3) is 0 Å². The lowest BCUT2D eigenvalue weighted by Crippen LogP contribution is -2.59. The molecule has 0 radical (unpaired) electrons. The van der Waals surface area contributed by atoms with Crippen LogP contribution in [0.15, 0.2) is 0 Å². The summed E-state index contributed by atoms with van der Waals surface area (Å²) >= 11 is 1.58. The first kappa shape index (κ1) is 29.2. The zero-order chi connectivity index (χ0) is 24.3. The van der Waals surface area contributed by atoms with E-state index in [0.29, 0.717) is 12.8 Å². The molecule has 0 aromatic rings. The molecule has 0 rings (SSSR count). The first-order valence-corrected chi connectivity index (χ1v) is 12.1. The van der Waals surface area contributed by atoms with E-state index in [-0.39, 0.29) is 17.8 Å². The molecule has 31 heavy (non-hydrogen) atoms. The van der Waals surface area contributed by atoms with Gasteiger partial charge in [0, 0.05) is 0 Å². The van der Waals surface area contributed by atoms with E-state index in [9.17, 15) is 24.3 Å². The van der Waals surface area contributed by atoms with Gasteiger partial charge in [-0.05, 0) is 42.6 Å². The quantitative estimate of drug-likeness (QED) is 0.259. The molecule has 0 saturated carbocycles. The molecule has 0 aliphatic rings. The molecule has 0 spiro atoms. The highest BCUT2D eigenvalue weighted by Crippen LogP contribution is 2.10. The van der Waals surface area contributed by atoms with Gasteiger partial charge in [0.1, 0.15) is 18.1 Å². The summed E-state index contributed by atoms with van der Waals surface area (Å²) in [4.78, 5) is 49.5. The number of thioether (sulfide) groups is 1. The molecule has 0 aliphatic carbocycles. The van der Waals surface area contributed by atoms with Crippen molar-refractivity contribution in [3.05, 3.63) is 0 Å². The highest BCUT2D eigenvalue weighted by atomic mass is 32.2. The summed E-state index contributed by atoms with van der Waals surface area (Å²) < 4.78 is 0. The van der Waals surface area contributed by atoms with Gasteiger partial charge in [0.05, 0.1) is 6.04 Å². The Morgan fingerprint density at radius 1 is 0.839 bits per heavy atom. The fourth-order valence-corrected chi connectivity index (χ4v) is 3.39. The smallest absolute Gasteiger partial charge is 0.326 e. The van der Waals surface area contributed by atoms with Gasteiger partial charge in [-0.1, -0.05) is 41.5 Å². The number of hydrogen-bond acceptors (Lipinski definition) is 6. The number of carbonyl (C=O) groups is 4. The number of nitrogens with two attached hydrogens (primary N) is 1. The number of aliphatic carboxylic acids is 1. The molecule has 9 nitrogen and oxygen atoms in total. The van der Waals surface area contributed by atoms with E-state index in [2.05, 4.69) is 16.0 Å². The molecule has 6 N–H and O–H groups in total. The van der Waals surface area contributed by atoms with E-state index in [1.54, 1.807) is 39.5 Å². The topological polar surface area (TPSA) is 151 Å². The summed E-state index contributed by atoms with van der Waals surface area (Å²) in [5, 5.41) is 17.2. The predicted molar refractivity (Wildman–Crippen MR) is 124 cm³/mol. The Morgan fingerprint density at radius 3 is 1.77 bits per heavy atom. The van der Waals surface area contributed by atoms with Crippen LogP contribution < -0.4 is 21.7 Å². The van der Waals surface area contributed by atoms with Crippen LogP contribution in [0.3, 0.4) is 0 Å². The lowest BCUT2D eigenvalue weighted by atomic mass is 9.98. The second-order valence-corrected chi connectivity index (χ2v) is 9.86. The molecule has 0 bridgehead atoms. The van der Waals surface area contributed by atoms with E-state index in [0.717, 1.165) is 5.75 Å². The van der Waals surface area contributed by atoms with Gasteiger partial charge in [0.25, 0.3) is 0 Å². The molecule has 0 aliphatic heterocycles. The minimum Gasteiger partial charge on any atom is -0.480 e. The van der Waals surface area contributed by atoms with Crippen LogP contribution in [0.2, 0.25) is 0 Å². The van der Waals surface area contributed by atoms with Gasteiger partial charge >= 0.3 is 5.97 Å². The van der Waals surface area contributed by atoms with Crippen molar-refractivity contribution in [1.29, 1.82) is 0 Å². The average Bonchev–Trinajstić information content (AvgIpc) is 2.65. The fourth-order valence-electron chi connectivity index (χ4n) is 2.90. The van der Waals surface area contributed by atoms with Gasteiger partial charge in [-0.3, -0.25) is 14.4 Å². The maximum atomic E-state index is 13.0. The lowest BCUT2D eigenvalue weighted by molar-refractivity contribution is -0.144. The molecule has 0 fully saturated rings. The highest BCUT2D eigenvalue weighted by molar-refractivity contribution is 7.98. The number of rotatable bonds is 14. The molecule has 0 saturated heterocycles. The summed E-state index contributed by atoms with van der Waals surface area (Å²) in [5.41, 5.74) is 5.91. The van der Waals surface area contributed by atoms with Gasteiger partial charge in [-0.25, -0.2) is 4.79 Å². The third-order valence-electron chi connectivity index (χ3n) is 4.79. The van der Waals surface area contributed by atoms with Crippen molar-refractivity contribution in [1.82, 2.24) is 16.0 Å². The van der Waals surface area contributed by atoms with Crippen LogP contribution in [-0.2, 0) is 19.2 Å². The Hall–Kier alpha value is -1.81. The third-order valence-corrected chi connectivity index (χ3v) is 5.43. The highest BCUT2D eigenvalue weighted by Gasteiger charge is 2.32. The van der Waals surface area contributed by atoms with Crippen LogP contribution in [0, 0.1) is 17.8 Å². The molecule has 10 heteroatoms. The molecule has 0 aromatic carbocycles. The standard InChI is InChI=1S/C21H40N4O5S/c1-11(2)10-15(23-18(26)14(22)8-9-31-7)19(27)24-16(12(3)4)20(28)25-17(13(5)6)21(29)30/h11-17H,8-10,22H2,1-7H3,(H,23,26)(H,24,27)(H,25,28)(H,29,30). The van der Waals surface area contributed by atoms with Crippen molar-refractivity contribution < 1.29 is 24.3 Å². The molecule has 180 valence electrons. The average molecular weight is 461 g/mol. The van der Waals surface area contributed by atoms with E-state index >= 15 is 0 Å². The van der Waals surface area contributed by atoms with Crippen LogP contribution in [0.5, 0.6) is 0 Å². The summed E-state index contributed by atoms with van der Waals surface area (Å²) in [6.45, 7) is 10.7. The molecule has 4 unspecified atom stereocenters. The number of nitrogens with one attached hydrogen (secondary N) is 3. The maximum absolute atomic E-state index is 13.0. The zero-order valence-corrected chi connectivity index (χ0v) is 20.5. The minimum absolute atomic E-state index is 0.113. The Morgan fingerprint density at radius 2 is 1.35 bits per heavy atom. The third kappa shape index (κ3) is 10.9. The van der Waals surface area contributed by atoms with Crippen molar-refractivity contribution in [2.24, 2.45) is 23.5 Å². The SMILES string of the molecule is CSCCC(N)C(=O)NC(CC(C)C)C(=O)NC(C(=O)NC(C(=O)O)C(C)C)C(C)C. The Bertz CT molecular complexity index is 613. The van der Waals surface area contributed by atoms with Gasteiger partial charge < -0.3 is 26.8 Å². The number of carboxylic acids is 1. The van der Waals surface area contributed by atoms with Crippen LogP contribution >= 0.6 is 11.8 Å². The zero-order valence-electron chi connectivity index (χ0n) is 19.7. The monoisotopic (exact) mass is 460 g/mol. The maximum Gasteiger partial charge on any atom is 0.326 e. The second-order valence-electron chi connectivity index (χ2n) is 8.88. The lowest BCUT2D eigenvalue weighted by Gasteiger charge is -2.28. The summed E-state index contributed by atoms with van der Waals surface area (Å²) in [5.74, 6) is -2.38. The summed E-state index contributed by atoms with van der Waals surface area (Å²) in [6, 6.07) is -3.57. The Balaban J connectivity index is 5.37. The van der Waals surface area contributed by atoms with E-state index < -0.39 is 47.9 Å². The fraction of sp³-hybridized carbons (Fsp3) is 0.810. The predicted octanol–water partition coefficient (Wildman–Crippen LogP) is 0.964. The van der Waals surface area contributed by atoms with Crippen molar-refractivity contribution in [3.8, 4) is 0 Å². The molecular formula is C21H40N4O5S. The number of hydrogen-bond donors (Lipinski definition) is 5. The van der Waals surface area contributed by atoms with Gasteiger partial charge in [-0.2, -0.15) is 11.8 Å². The molecule has 0 aromatic heterocycles. The van der Waals surface area contributed by atoms with Crippen LogP contribution in [0.1, 0.15) is 54.4 Å². The van der Waals surface area contributed by atoms with E-state index in [1.165, 1.54) is 0 Å². The van der Waals surface area contributed by atoms with E-state index in [1.807, 2.05) is 20.1 Å². The van der Waals surface area contributed by atoms with Crippen molar-refractivity contribution in [2.75, 3.05) is 12.0 Å². The van der Waals surface area contributed by atoms with Crippen LogP contribution in [0.4, 0.5) is 0 Å².